The van der Waals surface area contributed by atoms with Gasteiger partial charge < -0.3 is 0 Å². The largest absolute Gasteiger partial charge is 0.271 e. The van der Waals surface area contributed by atoms with Crippen molar-refractivity contribution < 1.29 is 4.39 Å². The molecule has 1 atom stereocenters. The molecule has 3 N–H and O–H groups in total. The second kappa shape index (κ2) is 5.77. The third-order valence-electron chi connectivity index (χ3n) is 3.55. The zero-order valence-corrected chi connectivity index (χ0v) is 11.9. The number of hydrogen-bond donors (Lipinski definition) is 2. The van der Waals surface area contributed by atoms with Gasteiger partial charge in [-0.2, -0.15) is 0 Å². The quantitative estimate of drug-likeness (QED) is 0.653. The number of aromatic nitrogens is 1. The minimum absolute atomic E-state index is 0.0541. The summed E-state index contributed by atoms with van der Waals surface area (Å²) in [5.41, 5.74) is 5.55. The Morgan fingerprint density at radius 1 is 1.37 bits per heavy atom. The molecule has 0 fully saturated rings. The van der Waals surface area contributed by atoms with Crippen molar-refractivity contribution in [2.75, 3.05) is 0 Å². The highest BCUT2D eigenvalue weighted by atomic mass is 32.1. The third kappa shape index (κ3) is 3.18. The molecule has 0 spiro atoms. The summed E-state index contributed by atoms with van der Waals surface area (Å²) in [6.45, 7) is 4.21. The van der Waals surface area contributed by atoms with E-state index in [0.717, 1.165) is 12.0 Å². The van der Waals surface area contributed by atoms with Crippen molar-refractivity contribution in [2.24, 2.45) is 5.84 Å². The van der Waals surface area contributed by atoms with E-state index in [9.17, 15) is 4.39 Å². The van der Waals surface area contributed by atoms with E-state index in [4.69, 9.17) is 5.84 Å². The zero-order chi connectivity index (χ0) is 13.9. The van der Waals surface area contributed by atoms with E-state index in [1.165, 1.54) is 17.0 Å². The molecule has 0 aliphatic rings. The van der Waals surface area contributed by atoms with Gasteiger partial charge in [0.05, 0.1) is 5.51 Å². The molecule has 2 aromatic rings. The lowest BCUT2D eigenvalue weighted by molar-refractivity contribution is 0.343. The van der Waals surface area contributed by atoms with Gasteiger partial charge in [0, 0.05) is 29.0 Å². The Balaban J connectivity index is 2.22. The van der Waals surface area contributed by atoms with Crippen LogP contribution >= 0.6 is 11.3 Å². The van der Waals surface area contributed by atoms with E-state index < -0.39 is 0 Å². The van der Waals surface area contributed by atoms with Gasteiger partial charge in [0.1, 0.15) is 5.82 Å². The van der Waals surface area contributed by atoms with Crippen molar-refractivity contribution in [1.29, 1.82) is 0 Å². The Kier molecular flexibility index (Phi) is 4.29. The van der Waals surface area contributed by atoms with Crippen molar-refractivity contribution in [3.05, 3.63) is 52.2 Å². The molecular weight excluding hydrogens is 261 g/mol. The predicted molar refractivity (Wildman–Crippen MR) is 76.4 cm³/mol. The maximum atomic E-state index is 13.0. The Morgan fingerprint density at radius 2 is 2.05 bits per heavy atom. The fraction of sp³-hybridized carbons (Fsp3) is 0.357. The van der Waals surface area contributed by atoms with Crippen LogP contribution in [0.4, 0.5) is 4.39 Å². The second-order valence-electron chi connectivity index (χ2n) is 5.12. The minimum Gasteiger partial charge on any atom is -0.271 e. The highest BCUT2D eigenvalue weighted by Gasteiger charge is 2.31. The molecule has 2 rings (SSSR count). The van der Waals surface area contributed by atoms with Crippen LogP contribution in [-0.4, -0.2) is 11.0 Å². The lowest BCUT2D eigenvalue weighted by Crippen LogP contribution is -2.49. The van der Waals surface area contributed by atoms with E-state index in [1.54, 1.807) is 11.3 Å². The van der Waals surface area contributed by atoms with E-state index >= 15 is 0 Å². The van der Waals surface area contributed by atoms with E-state index in [1.807, 2.05) is 23.8 Å². The van der Waals surface area contributed by atoms with Crippen LogP contribution in [0.25, 0.3) is 0 Å². The predicted octanol–water partition coefficient (Wildman–Crippen LogP) is 2.63. The van der Waals surface area contributed by atoms with Gasteiger partial charge in [0.15, 0.2) is 0 Å². The second-order valence-corrected chi connectivity index (χ2v) is 6.09. The number of nitrogens with zero attached hydrogens (tertiary/aromatic N) is 1. The molecule has 5 heteroatoms. The summed E-state index contributed by atoms with van der Waals surface area (Å²) in [5.74, 6) is 5.48. The number of rotatable bonds is 5. The van der Waals surface area contributed by atoms with Gasteiger partial charge in [-0.05, 0) is 17.7 Å². The number of halogens is 1. The number of hydrazine groups is 1. The SMILES string of the molecule is CC(C)(c1ccc(F)cc1)C(Cc1cncs1)NN. The van der Waals surface area contributed by atoms with E-state index in [-0.39, 0.29) is 17.3 Å². The molecule has 0 bridgehead atoms. The Bertz CT molecular complexity index is 508. The summed E-state index contributed by atoms with van der Waals surface area (Å²) >= 11 is 1.61. The van der Waals surface area contributed by atoms with E-state index in [2.05, 4.69) is 24.3 Å². The van der Waals surface area contributed by atoms with E-state index in [0.29, 0.717) is 0 Å². The maximum absolute atomic E-state index is 13.0. The topological polar surface area (TPSA) is 50.9 Å². The number of nitrogens with two attached hydrogens (primary N) is 1. The van der Waals surface area contributed by atoms with Crippen LogP contribution in [-0.2, 0) is 11.8 Å². The summed E-state index contributed by atoms with van der Waals surface area (Å²) in [6.07, 6.45) is 2.65. The van der Waals surface area contributed by atoms with Crippen molar-refractivity contribution in [1.82, 2.24) is 10.4 Å². The fourth-order valence-corrected chi connectivity index (χ4v) is 2.79. The van der Waals surface area contributed by atoms with Crippen molar-refractivity contribution in [2.45, 2.75) is 31.7 Å². The number of thiazole rings is 1. The third-order valence-corrected chi connectivity index (χ3v) is 4.35. The number of hydrogen-bond acceptors (Lipinski definition) is 4. The monoisotopic (exact) mass is 279 g/mol. The standard InChI is InChI=1S/C14H18FN3S/c1-14(2,10-3-5-11(15)6-4-10)13(18-16)7-12-8-17-9-19-12/h3-6,8-9,13,18H,7,16H2,1-2H3. The van der Waals surface area contributed by atoms with Gasteiger partial charge in [0.25, 0.3) is 0 Å². The van der Waals surface area contributed by atoms with Gasteiger partial charge >= 0.3 is 0 Å². The van der Waals surface area contributed by atoms with Crippen LogP contribution in [0.1, 0.15) is 24.3 Å². The molecule has 3 nitrogen and oxygen atoms in total. The zero-order valence-electron chi connectivity index (χ0n) is 11.1. The summed E-state index contributed by atoms with van der Waals surface area (Å²) in [7, 11) is 0. The smallest absolute Gasteiger partial charge is 0.123 e. The van der Waals surface area contributed by atoms with Gasteiger partial charge in [-0.3, -0.25) is 16.3 Å². The number of nitrogens with one attached hydrogen (secondary N) is 1. The van der Waals surface area contributed by atoms with Gasteiger partial charge in [-0.25, -0.2) is 4.39 Å². The fourth-order valence-electron chi connectivity index (χ4n) is 2.15. The molecule has 0 aliphatic heterocycles. The first-order chi connectivity index (χ1) is 9.04. The molecule has 1 aromatic heterocycles. The Morgan fingerprint density at radius 3 is 2.58 bits per heavy atom. The molecule has 0 radical (unpaired) electrons. The molecular formula is C14H18FN3S. The highest BCUT2D eigenvalue weighted by Crippen LogP contribution is 2.29. The van der Waals surface area contributed by atoms with Crippen LogP contribution in [0, 0.1) is 5.82 Å². The van der Waals surface area contributed by atoms with Crippen LogP contribution in [0.2, 0.25) is 0 Å². The molecule has 19 heavy (non-hydrogen) atoms. The first-order valence-corrected chi connectivity index (χ1v) is 7.01. The van der Waals surface area contributed by atoms with Crippen LogP contribution < -0.4 is 11.3 Å². The first kappa shape index (κ1) is 14.1. The molecule has 1 unspecified atom stereocenters. The first-order valence-electron chi connectivity index (χ1n) is 6.13. The minimum atomic E-state index is -0.223. The molecule has 0 saturated carbocycles. The molecule has 102 valence electrons. The van der Waals surface area contributed by atoms with Crippen LogP contribution in [0.3, 0.4) is 0 Å². The van der Waals surface area contributed by atoms with Crippen LogP contribution in [0.15, 0.2) is 36.0 Å². The number of benzene rings is 1. The maximum Gasteiger partial charge on any atom is 0.123 e. The van der Waals surface area contributed by atoms with Crippen molar-refractivity contribution in [3.63, 3.8) is 0 Å². The molecule has 0 amide bonds. The lowest BCUT2D eigenvalue weighted by Gasteiger charge is -2.34. The molecule has 1 heterocycles. The average molecular weight is 279 g/mol. The summed E-state index contributed by atoms with van der Waals surface area (Å²) < 4.78 is 13.0. The van der Waals surface area contributed by atoms with Crippen molar-refractivity contribution >= 4 is 11.3 Å². The summed E-state index contributed by atoms with van der Waals surface area (Å²) in [4.78, 5) is 5.26. The van der Waals surface area contributed by atoms with Gasteiger partial charge in [0.2, 0.25) is 0 Å². The normalized spacial score (nSPS) is 13.5. The Hall–Kier alpha value is -1.30. The van der Waals surface area contributed by atoms with Gasteiger partial charge in [-0.1, -0.05) is 26.0 Å². The molecule has 0 aliphatic carbocycles. The van der Waals surface area contributed by atoms with Gasteiger partial charge in [-0.15, -0.1) is 11.3 Å². The molecule has 0 saturated heterocycles. The van der Waals surface area contributed by atoms with Crippen molar-refractivity contribution in [3.8, 4) is 0 Å². The molecule has 1 aromatic carbocycles. The average Bonchev–Trinajstić information content (AvgIpc) is 2.89. The summed E-state index contributed by atoms with van der Waals surface area (Å²) in [5, 5.41) is 0. The highest BCUT2D eigenvalue weighted by molar-refractivity contribution is 7.09. The Labute approximate surface area is 116 Å². The summed E-state index contributed by atoms with van der Waals surface area (Å²) in [6, 6.07) is 6.64. The van der Waals surface area contributed by atoms with Crippen LogP contribution in [0.5, 0.6) is 0 Å². The lowest BCUT2D eigenvalue weighted by atomic mass is 9.76.